The average molecular weight is 400 g/mol. The van der Waals surface area contributed by atoms with Crippen molar-refractivity contribution >= 4 is 17.5 Å². The van der Waals surface area contributed by atoms with E-state index in [4.69, 9.17) is 4.74 Å². The number of para-hydroxylation sites is 2. The van der Waals surface area contributed by atoms with Gasteiger partial charge in [0.05, 0.1) is 5.69 Å². The lowest BCUT2D eigenvalue weighted by Crippen LogP contribution is -2.47. The van der Waals surface area contributed by atoms with E-state index in [9.17, 15) is 9.59 Å². The van der Waals surface area contributed by atoms with Crippen molar-refractivity contribution in [1.29, 1.82) is 0 Å². The fourth-order valence-corrected chi connectivity index (χ4v) is 3.78. The topological polar surface area (TPSA) is 58.6 Å². The number of rotatable bonds is 6. The maximum Gasteiger partial charge on any atom is 0.265 e. The van der Waals surface area contributed by atoms with Crippen LogP contribution >= 0.6 is 0 Å². The standard InChI is InChI=1S/C25H24N2O3/c1-25(19-10-4-2-5-11-19,20-12-6-3-7-13-20)18-26-23(28)16-27-21-14-8-9-15-22(21)30-17-24(27)29/h2-15H,16-18H2,1H3,(H,26,28). The van der Waals surface area contributed by atoms with Crippen molar-refractivity contribution in [2.45, 2.75) is 12.3 Å². The van der Waals surface area contributed by atoms with Crippen LogP contribution in [0.2, 0.25) is 0 Å². The van der Waals surface area contributed by atoms with Gasteiger partial charge in [-0.15, -0.1) is 0 Å². The van der Waals surface area contributed by atoms with Gasteiger partial charge in [-0.25, -0.2) is 0 Å². The lowest BCUT2D eigenvalue weighted by Gasteiger charge is -2.32. The minimum absolute atomic E-state index is 0.0428. The number of anilines is 1. The Hall–Kier alpha value is -3.60. The molecule has 1 N–H and O–H groups in total. The number of ether oxygens (including phenoxy) is 1. The molecule has 0 atom stereocenters. The van der Waals surface area contributed by atoms with Crippen LogP contribution in [-0.2, 0) is 15.0 Å². The normalized spacial score (nSPS) is 13.4. The van der Waals surface area contributed by atoms with Crippen LogP contribution < -0.4 is 15.0 Å². The molecule has 0 unspecified atom stereocenters. The third-order valence-electron chi connectivity index (χ3n) is 5.57. The first-order valence-corrected chi connectivity index (χ1v) is 9.98. The molecule has 0 bridgehead atoms. The summed E-state index contributed by atoms with van der Waals surface area (Å²) in [6.45, 7) is 2.43. The molecule has 0 spiro atoms. The van der Waals surface area contributed by atoms with Crippen LogP contribution in [0.1, 0.15) is 18.1 Å². The summed E-state index contributed by atoms with van der Waals surface area (Å²) in [4.78, 5) is 26.7. The Labute approximate surface area is 176 Å². The van der Waals surface area contributed by atoms with Crippen LogP contribution in [0.4, 0.5) is 5.69 Å². The first-order chi connectivity index (χ1) is 14.6. The molecular formula is C25H24N2O3. The van der Waals surface area contributed by atoms with Crippen LogP contribution in [0, 0.1) is 0 Å². The molecule has 0 radical (unpaired) electrons. The zero-order valence-corrected chi connectivity index (χ0v) is 16.9. The van der Waals surface area contributed by atoms with Gasteiger partial charge >= 0.3 is 0 Å². The molecule has 0 saturated heterocycles. The van der Waals surface area contributed by atoms with Gasteiger partial charge in [0.15, 0.2) is 6.61 Å². The van der Waals surface area contributed by atoms with Crippen molar-refractivity contribution in [3.05, 3.63) is 96.1 Å². The Morgan fingerprint density at radius 3 is 2.13 bits per heavy atom. The first-order valence-electron chi connectivity index (χ1n) is 9.98. The molecule has 152 valence electrons. The fraction of sp³-hybridized carbons (Fsp3) is 0.200. The predicted molar refractivity (Wildman–Crippen MR) is 117 cm³/mol. The fourth-order valence-electron chi connectivity index (χ4n) is 3.78. The Balaban J connectivity index is 1.52. The van der Waals surface area contributed by atoms with E-state index in [1.165, 1.54) is 4.90 Å². The van der Waals surface area contributed by atoms with E-state index in [1.807, 2.05) is 48.5 Å². The van der Waals surface area contributed by atoms with Gasteiger partial charge in [-0.1, -0.05) is 72.8 Å². The molecule has 1 heterocycles. The third kappa shape index (κ3) is 3.92. The second-order valence-electron chi connectivity index (χ2n) is 7.58. The summed E-state index contributed by atoms with van der Waals surface area (Å²) in [7, 11) is 0. The maximum atomic E-state index is 12.8. The molecule has 1 aliphatic heterocycles. The number of amides is 2. The van der Waals surface area contributed by atoms with E-state index in [2.05, 4.69) is 36.5 Å². The van der Waals surface area contributed by atoms with Gasteiger partial charge in [0.25, 0.3) is 5.91 Å². The molecule has 4 rings (SSSR count). The largest absolute Gasteiger partial charge is 0.482 e. The summed E-state index contributed by atoms with van der Waals surface area (Å²) in [6.07, 6.45) is 0. The van der Waals surface area contributed by atoms with E-state index in [1.54, 1.807) is 12.1 Å². The van der Waals surface area contributed by atoms with Gasteiger partial charge in [0.2, 0.25) is 5.91 Å². The van der Waals surface area contributed by atoms with E-state index in [0.29, 0.717) is 18.0 Å². The van der Waals surface area contributed by atoms with Gasteiger partial charge in [-0.3, -0.25) is 14.5 Å². The summed E-state index contributed by atoms with van der Waals surface area (Å²) in [5, 5.41) is 3.05. The number of hydrogen-bond donors (Lipinski definition) is 1. The van der Waals surface area contributed by atoms with Gasteiger partial charge in [0.1, 0.15) is 12.3 Å². The molecule has 0 aromatic heterocycles. The quantitative estimate of drug-likeness (QED) is 0.689. The van der Waals surface area contributed by atoms with Gasteiger partial charge < -0.3 is 10.1 Å². The first kappa shape index (κ1) is 19.7. The van der Waals surface area contributed by atoms with E-state index in [-0.39, 0.29) is 25.0 Å². The van der Waals surface area contributed by atoms with Crippen molar-refractivity contribution in [1.82, 2.24) is 5.32 Å². The van der Waals surface area contributed by atoms with Crippen LogP contribution in [0.25, 0.3) is 0 Å². The summed E-state index contributed by atoms with van der Waals surface area (Å²) >= 11 is 0. The second-order valence-corrected chi connectivity index (χ2v) is 7.58. The van der Waals surface area contributed by atoms with Gasteiger partial charge in [0, 0.05) is 12.0 Å². The summed E-state index contributed by atoms with van der Waals surface area (Å²) in [5.41, 5.74) is 2.46. The smallest absolute Gasteiger partial charge is 0.265 e. The third-order valence-corrected chi connectivity index (χ3v) is 5.57. The minimum Gasteiger partial charge on any atom is -0.482 e. The number of fused-ring (bicyclic) bond motifs is 1. The summed E-state index contributed by atoms with van der Waals surface area (Å²) < 4.78 is 5.45. The highest BCUT2D eigenvalue weighted by atomic mass is 16.5. The molecule has 5 nitrogen and oxygen atoms in total. The highest BCUT2D eigenvalue weighted by molar-refractivity contribution is 6.02. The van der Waals surface area contributed by atoms with Crippen LogP contribution in [0.3, 0.4) is 0 Å². The van der Waals surface area contributed by atoms with Crippen molar-refractivity contribution in [2.24, 2.45) is 0 Å². The number of nitrogens with one attached hydrogen (secondary N) is 1. The number of hydrogen-bond acceptors (Lipinski definition) is 3. The van der Waals surface area contributed by atoms with Gasteiger partial charge in [-0.05, 0) is 30.2 Å². The predicted octanol–water partition coefficient (Wildman–Crippen LogP) is 3.53. The second kappa shape index (κ2) is 8.41. The Morgan fingerprint density at radius 1 is 0.933 bits per heavy atom. The van der Waals surface area contributed by atoms with Gasteiger partial charge in [-0.2, -0.15) is 0 Å². The summed E-state index contributed by atoms with van der Waals surface area (Å²) in [5.74, 6) is 0.180. The Bertz CT molecular complexity index is 995. The van der Waals surface area contributed by atoms with E-state index in [0.717, 1.165) is 11.1 Å². The summed E-state index contributed by atoms with van der Waals surface area (Å²) in [6, 6.07) is 27.5. The molecule has 30 heavy (non-hydrogen) atoms. The average Bonchev–Trinajstić information content (AvgIpc) is 2.80. The molecule has 3 aromatic carbocycles. The maximum absolute atomic E-state index is 12.8. The monoisotopic (exact) mass is 400 g/mol. The number of benzene rings is 3. The molecule has 0 saturated carbocycles. The molecule has 1 aliphatic rings. The molecule has 5 heteroatoms. The molecular weight excluding hydrogens is 376 g/mol. The zero-order chi connectivity index (χ0) is 21.0. The Kier molecular flexibility index (Phi) is 5.53. The lowest BCUT2D eigenvalue weighted by atomic mass is 9.76. The molecule has 0 aliphatic carbocycles. The van der Waals surface area contributed by atoms with E-state index >= 15 is 0 Å². The molecule has 2 amide bonds. The van der Waals surface area contributed by atoms with E-state index < -0.39 is 5.41 Å². The number of carbonyl (C=O) groups excluding carboxylic acids is 2. The minimum atomic E-state index is -0.398. The van der Waals surface area contributed by atoms with Crippen LogP contribution in [0.5, 0.6) is 5.75 Å². The number of nitrogens with zero attached hydrogens (tertiary/aromatic N) is 1. The van der Waals surface area contributed by atoms with Crippen molar-refractivity contribution < 1.29 is 14.3 Å². The molecule has 0 fully saturated rings. The Morgan fingerprint density at radius 2 is 1.50 bits per heavy atom. The zero-order valence-electron chi connectivity index (χ0n) is 16.9. The van der Waals surface area contributed by atoms with Crippen LogP contribution in [-0.4, -0.2) is 31.5 Å². The van der Waals surface area contributed by atoms with Crippen molar-refractivity contribution in [3.8, 4) is 5.75 Å². The highest BCUT2D eigenvalue weighted by Crippen LogP contribution is 2.32. The SMILES string of the molecule is CC(CNC(=O)CN1C(=O)COc2ccccc21)(c1ccccc1)c1ccccc1. The number of carbonyl (C=O) groups is 2. The van der Waals surface area contributed by atoms with Crippen LogP contribution in [0.15, 0.2) is 84.9 Å². The molecule has 3 aromatic rings. The highest BCUT2D eigenvalue weighted by Gasteiger charge is 2.31. The van der Waals surface area contributed by atoms with Crippen molar-refractivity contribution in [3.63, 3.8) is 0 Å². The lowest BCUT2D eigenvalue weighted by molar-refractivity contribution is -0.125. The van der Waals surface area contributed by atoms with Crippen molar-refractivity contribution in [2.75, 3.05) is 24.6 Å².